The number of piperidine rings is 1. The number of halogens is 1. The lowest BCUT2D eigenvalue weighted by Gasteiger charge is -2.32. The Morgan fingerprint density at radius 2 is 1.97 bits per heavy atom. The number of carbonyl (C=O) groups excluding carboxylic acids is 1. The Kier molecular flexibility index (Phi) is 5.77. The van der Waals surface area contributed by atoms with Gasteiger partial charge in [-0.15, -0.1) is 0 Å². The van der Waals surface area contributed by atoms with E-state index >= 15 is 0 Å². The van der Waals surface area contributed by atoms with Crippen LogP contribution in [0.25, 0.3) is 10.9 Å². The smallest absolute Gasteiger partial charge is 0.227 e. The molecule has 0 bridgehead atoms. The van der Waals surface area contributed by atoms with Gasteiger partial charge >= 0.3 is 0 Å². The molecule has 2 N–H and O–H groups in total. The Morgan fingerprint density at radius 1 is 1.16 bits per heavy atom. The van der Waals surface area contributed by atoms with Crippen LogP contribution in [0, 0.1) is 12.8 Å². The number of likely N-dealkylation sites (tertiary alicyclic amines) is 1. The van der Waals surface area contributed by atoms with Gasteiger partial charge < -0.3 is 15.2 Å². The van der Waals surface area contributed by atoms with Gasteiger partial charge in [-0.1, -0.05) is 29.8 Å². The molecule has 0 atom stereocenters. The van der Waals surface area contributed by atoms with Gasteiger partial charge in [-0.25, -0.2) is 0 Å². The van der Waals surface area contributed by atoms with Crippen LogP contribution < -0.4 is 5.32 Å². The van der Waals surface area contributed by atoms with E-state index in [1.165, 1.54) is 34.9 Å². The zero-order chi connectivity index (χ0) is 21.4. The number of H-pyrrole nitrogens is 1. The van der Waals surface area contributed by atoms with Crippen LogP contribution in [-0.4, -0.2) is 35.4 Å². The molecule has 0 radical (unpaired) electrons. The molecule has 5 heteroatoms. The summed E-state index contributed by atoms with van der Waals surface area (Å²) >= 11 is 6.34. The van der Waals surface area contributed by atoms with Crippen LogP contribution in [0.2, 0.25) is 5.02 Å². The van der Waals surface area contributed by atoms with Gasteiger partial charge in [-0.3, -0.25) is 4.79 Å². The Hall–Kier alpha value is -2.30. The summed E-state index contributed by atoms with van der Waals surface area (Å²) in [5, 5.41) is 5.15. The van der Waals surface area contributed by atoms with Crippen LogP contribution in [0.5, 0.6) is 0 Å². The molecular formula is C26H30ClN3O. The summed E-state index contributed by atoms with van der Waals surface area (Å²) in [4.78, 5) is 18.0. The van der Waals surface area contributed by atoms with Gasteiger partial charge in [0.1, 0.15) is 0 Å². The summed E-state index contributed by atoms with van der Waals surface area (Å²) in [5.41, 5.74) is 6.05. The molecule has 1 saturated heterocycles. The van der Waals surface area contributed by atoms with E-state index in [1.807, 2.05) is 18.2 Å². The molecule has 1 saturated carbocycles. The van der Waals surface area contributed by atoms with Gasteiger partial charge in [0.15, 0.2) is 0 Å². The topological polar surface area (TPSA) is 48.1 Å². The number of amides is 1. The second kappa shape index (κ2) is 8.68. The number of anilines is 1. The predicted octanol–water partition coefficient (Wildman–Crippen LogP) is 5.90. The zero-order valence-corrected chi connectivity index (χ0v) is 18.8. The van der Waals surface area contributed by atoms with Gasteiger partial charge in [0.2, 0.25) is 5.91 Å². The first-order valence-corrected chi connectivity index (χ1v) is 11.8. The zero-order valence-electron chi connectivity index (χ0n) is 18.1. The van der Waals surface area contributed by atoms with Crippen LogP contribution in [0.3, 0.4) is 0 Å². The number of hydrogen-bond acceptors (Lipinski definition) is 2. The number of carbonyl (C=O) groups is 1. The van der Waals surface area contributed by atoms with Crippen molar-refractivity contribution in [2.24, 2.45) is 5.92 Å². The lowest BCUT2D eigenvalue weighted by atomic mass is 9.89. The largest absolute Gasteiger partial charge is 0.360 e. The summed E-state index contributed by atoms with van der Waals surface area (Å²) < 4.78 is 0. The number of nitrogens with one attached hydrogen (secondary N) is 2. The van der Waals surface area contributed by atoms with E-state index in [4.69, 9.17) is 11.6 Å². The highest BCUT2D eigenvalue weighted by atomic mass is 35.5. The van der Waals surface area contributed by atoms with E-state index in [0.29, 0.717) is 5.92 Å². The number of rotatable bonds is 6. The molecule has 1 aromatic heterocycles. The number of benzene rings is 2. The standard InChI is InChI=1S/C26H30ClN3O/c1-17-5-8-21(29-26(31)19-6-7-19)15-20(17)11-14-30-12-9-18(10-13-30)23-16-28-25-22(23)3-2-4-24(25)27/h2-5,8,15-16,18-19,28H,6-7,9-14H2,1H3,(H,29,31). The number of hydrogen-bond donors (Lipinski definition) is 2. The van der Waals surface area contributed by atoms with Crippen molar-refractivity contribution in [3.63, 3.8) is 0 Å². The molecule has 1 amide bonds. The van der Waals surface area contributed by atoms with E-state index in [1.54, 1.807) is 0 Å². The molecular weight excluding hydrogens is 406 g/mol. The van der Waals surface area contributed by atoms with Crippen molar-refractivity contribution < 1.29 is 4.79 Å². The van der Waals surface area contributed by atoms with Gasteiger partial charge in [0.05, 0.1) is 10.5 Å². The van der Waals surface area contributed by atoms with Crippen LogP contribution >= 0.6 is 11.6 Å². The van der Waals surface area contributed by atoms with Crippen molar-refractivity contribution in [2.75, 3.05) is 25.0 Å². The SMILES string of the molecule is Cc1ccc(NC(=O)C2CC2)cc1CCN1CCC(c2c[nH]c3c(Cl)cccc23)CC1. The molecule has 0 unspecified atom stereocenters. The number of nitrogens with zero attached hydrogens (tertiary/aromatic N) is 1. The molecule has 2 aliphatic rings. The lowest BCUT2D eigenvalue weighted by molar-refractivity contribution is -0.117. The molecule has 5 rings (SSSR count). The molecule has 162 valence electrons. The maximum atomic E-state index is 12.1. The summed E-state index contributed by atoms with van der Waals surface area (Å²) in [6.45, 7) is 5.47. The first-order valence-electron chi connectivity index (χ1n) is 11.5. The first kappa shape index (κ1) is 20.6. The van der Waals surface area contributed by atoms with Crippen molar-refractivity contribution in [2.45, 2.75) is 44.9 Å². The second-order valence-electron chi connectivity index (χ2n) is 9.18. The molecule has 1 aliphatic carbocycles. The van der Waals surface area contributed by atoms with Crippen molar-refractivity contribution >= 4 is 34.1 Å². The average Bonchev–Trinajstić information content (AvgIpc) is 3.54. The lowest BCUT2D eigenvalue weighted by Crippen LogP contribution is -2.34. The summed E-state index contributed by atoms with van der Waals surface area (Å²) in [6, 6.07) is 12.5. The van der Waals surface area contributed by atoms with Gasteiger partial charge in [0.25, 0.3) is 0 Å². The van der Waals surface area contributed by atoms with Crippen LogP contribution in [0.4, 0.5) is 5.69 Å². The maximum Gasteiger partial charge on any atom is 0.227 e. The average molecular weight is 436 g/mol. The maximum absolute atomic E-state index is 12.1. The molecule has 31 heavy (non-hydrogen) atoms. The Balaban J connectivity index is 1.17. The Morgan fingerprint density at radius 3 is 2.74 bits per heavy atom. The fourth-order valence-corrected chi connectivity index (χ4v) is 5.06. The molecule has 1 aliphatic heterocycles. The fraction of sp³-hybridized carbons (Fsp3) is 0.423. The van der Waals surface area contributed by atoms with E-state index in [0.717, 1.165) is 55.1 Å². The third kappa shape index (κ3) is 4.51. The third-order valence-electron chi connectivity index (χ3n) is 6.99. The van der Waals surface area contributed by atoms with Gasteiger partial charge in [-0.05, 0) is 92.9 Å². The number of para-hydroxylation sites is 1. The molecule has 3 aromatic rings. The molecule has 2 fully saturated rings. The highest BCUT2D eigenvalue weighted by Crippen LogP contribution is 2.35. The number of aromatic nitrogens is 1. The second-order valence-corrected chi connectivity index (χ2v) is 9.58. The third-order valence-corrected chi connectivity index (χ3v) is 7.30. The number of aryl methyl sites for hydroxylation is 1. The first-order chi connectivity index (χ1) is 15.1. The molecule has 2 aromatic carbocycles. The highest BCUT2D eigenvalue weighted by molar-refractivity contribution is 6.35. The summed E-state index contributed by atoms with van der Waals surface area (Å²) in [6.07, 6.45) is 7.60. The molecule has 0 spiro atoms. The van der Waals surface area contributed by atoms with E-state index in [-0.39, 0.29) is 11.8 Å². The van der Waals surface area contributed by atoms with Crippen LogP contribution in [-0.2, 0) is 11.2 Å². The number of fused-ring (bicyclic) bond motifs is 1. The minimum absolute atomic E-state index is 0.176. The minimum Gasteiger partial charge on any atom is -0.360 e. The fourth-order valence-electron chi connectivity index (χ4n) is 4.83. The van der Waals surface area contributed by atoms with Gasteiger partial charge in [0, 0.05) is 29.7 Å². The van der Waals surface area contributed by atoms with E-state index < -0.39 is 0 Å². The normalized spacial score (nSPS) is 17.9. The molecule has 4 nitrogen and oxygen atoms in total. The van der Waals surface area contributed by atoms with Crippen molar-refractivity contribution in [1.29, 1.82) is 0 Å². The quantitative estimate of drug-likeness (QED) is 0.506. The van der Waals surface area contributed by atoms with E-state index in [2.05, 4.69) is 46.5 Å². The highest BCUT2D eigenvalue weighted by Gasteiger charge is 2.29. The molecule has 2 heterocycles. The Bertz CT molecular complexity index is 1090. The summed E-state index contributed by atoms with van der Waals surface area (Å²) in [7, 11) is 0. The number of aromatic amines is 1. The van der Waals surface area contributed by atoms with Crippen LogP contribution in [0.15, 0.2) is 42.6 Å². The van der Waals surface area contributed by atoms with Crippen LogP contribution in [0.1, 0.15) is 48.3 Å². The summed E-state index contributed by atoms with van der Waals surface area (Å²) in [5.74, 6) is 1.00. The van der Waals surface area contributed by atoms with Crippen molar-refractivity contribution in [3.05, 3.63) is 64.3 Å². The Labute approximate surface area is 189 Å². The van der Waals surface area contributed by atoms with Gasteiger partial charge in [-0.2, -0.15) is 0 Å². The van der Waals surface area contributed by atoms with E-state index in [9.17, 15) is 4.79 Å². The minimum atomic E-state index is 0.176. The predicted molar refractivity (Wildman–Crippen MR) is 128 cm³/mol. The van der Waals surface area contributed by atoms with Crippen molar-refractivity contribution in [1.82, 2.24) is 9.88 Å². The van der Waals surface area contributed by atoms with Crippen molar-refractivity contribution in [3.8, 4) is 0 Å². The monoisotopic (exact) mass is 435 g/mol.